The first-order chi connectivity index (χ1) is 20.6. The first-order valence-corrected chi connectivity index (χ1v) is 14.3. The molecule has 222 valence electrons. The zero-order chi connectivity index (χ0) is 31.0. The van der Waals surface area contributed by atoms with E-state index in [0.717, 1.165) is 22.6 Å². The number of carbonyl (C=O) groups excluding carboxylic acids is 1. The molecule has 0 saturated heterocycles. The number of fused-ring (bicyclic) bond motifs is 1. The van der Waals surface area contributed by atoms with E-state index in [9.17, 15) is 19.7 Å². The number of methoxy groups -OCH3 is 2. The number of ether oxygens (including phenoxy) is 3. The van der Waals surface area contributed by atoms with E-state index in [2.05, 4.69) is 4.99 Å². The molecule has 3 heterocycles. The lowest BCUT2D eigenvalue weighted by atomic mass is 9.95. The Kier molecular flexibility index (Phi) is 8.05. The molecule has 43 heavy (non-hydrogen) atoms. The molecule has 0 saturated carbocycles. The van der Waals surface area contributed by atoms with Gasteiger partial charge >= 0.3 is 5.97 Å². The summed E-state index contributed by atoms with van der Waals surface area (Å²) in [6.07, 6.45) is 1.81. The van der Waals surface area contributed by atoms with Crippen molar-refractivity contribution in [3.63, 3.8) is 0 Å². The third-order valence-electron chi connectivity index (χ3n) is 7.32. The number of benzene rings is 2. The number of nitro groups is 1. The molecule has 0 bridgehead atoms. The minimum Gasteiger partial charge on any atom is -0.493 e. The fourth-order valence-electron chi connectivity index (χ4n) is 5.33. The normalized spacial score (nSPS) is 14.7. The molecule has 0 unspecified atom stereocenters. The highest BCUT2D eigenvalue weighted by Gasteiger charge is 2.34. The van der Waals surface area contributed by atoms with E-state index >= 15 is 0 Å². The Labute approximate surface area is 250 Å². The van der Waals surface area contributed by atoms with Crippen molar-refractivity contribution in [3.8, 4) is 17.2 Å². The molecular weight excluding hydrogens is 572 g/mol. The summed E-state index contributed by atoms with van der Waals surface area (Å²) in [5.74, 6) is 0.420. The smallest absolute Gasteiger partial charge is 0.338 e. The van der Waals surface area contributed by atoms with Crippen molar-refractivity contribution in [3.05, 3.63) is 112 Å². The Hall–Kier alpha value is -4.97. The number of nitrogens with zero attached hydrogens (tertiary/aromatic N) is 4. The Morgan fingerprint density at radius 3 is 2.40 bits per heavy atom. The molecule has 0 N–H and O–H groups in total. The number of hydrogen-bond acceptors (Lipinski definition) is 9. The molecule has 1 atom stereocenters. The molecule has 4 aromatic rings. The average Bonchev–Trinajstić information content (AvgIpc) is 3.45. The summed E-state index contributed by atoms with van der Waals surface area (Å²) in [5, 5.41) is 11.1. The molecule has 0 fully saturated rings. The summed E-state index contributed by atoms with van der Waals surface area (Å²) in [5.41, 5.74) is 4.40. The number of rotatable bonds is 8. The summed E-state index contributed by atoms with van der Waals surface area (Å²) in [7, 11) is 3.06. The standard InChI is InChI=1S/C31H30N4O7S/c1-7-42-30(37)27-18(3)32-31-34(28(27)20-8-13-24(40-5)25(15-20)41-6)29(36)26(43-31)16-21-14-17(2)33(19(21)4)22-9-11-23(12-10-22)35(38)39/h8-16,28H,7H2,1-6H3/b26-16+/t28-/m0/s1. The van der Waals surface area contributed by atoms with Crippen LogP contribution < -0.4 is 24.4 Å². The van der Waals surface area contributed by atoms with Crippen molar-refractivity contribution in [2.45, 2.75) is 33.7 Å². The van der Waals surface area contributed by atoms with Crippen molar-refractivity contribution in [1.82, 2.24) is 9.13 Å². The summed E-state index contributed by atoms with van der Waals surface area (Å²) < 4.78 is 20.2. The maximum absolute atomic E-state index is 14.1. The van der Waals surface area contributed by atoms with Gasteiger partial charge in [0.2, 0.25) is 0 Å². The van der Waals surface area contributed by atoms with Crippen LogP contribution in [0.15, 0.2) is 69.6 Å². The highest BCUT2D eigenvalue weighted by molar-refractivity contribution is 7.07. The number of thiazole rings is 1. The van der Waals surface area contributed by atoms with E-state index in [0.29, 0.717) is 32.1 Å². The van der Waals surface area contributed by atoms with Gasteiger partial charge in [-0.2, -0.15) is 0 Å². The average molecular weight is 603 g/mol. The molecule has 1 aliphatic heterocycles. The second kappa shape index (κ2) is 11.7. The molecule has 5 rings (SSSR count). The number of carbonyl (C=O) groups is 1. The van der Waals surface area contributed by atoms with Gasteiger partial charge in [-0.3, -0.25) is 19.5 Å². The monoisotopic (exact) mass is 602 g/mol. The van der Waals surface area contributed by atoms with E-state index in [1.807, 2.05) is 30.6 Å². The Bertz CT molecular complexity index is 1970. The molecule has 0 aliphatic carbocycles. The SMILES string of the molecule is CCOC(=O)C1=C(C)N=c2s/c(=C/c3cc(C)n(-c4ccc([N+](=O)[O-])cc4)c3C)c(=O)n2[C@H]1c1ccc(OC)c(OC)c1. The predicted molar refractivity (Wildman–Crippen MR) is 162 cm³/mol. The molecule has 0 amide bonds. The van der Waals surface area contributed by atoms with Crippen LogP contribution in [0.2, 0.25) is 0 Å². The number of hydrogen-bond donors (Lipinski definition) is 0. The van der Waals surface area contributed by atoms with Crippen LogP contribution in [0.25, 0.3) is 11.8 Å². The zero-order valence-electron chi connectivity index (χ0n) is 24.5. The molecule has 11 nitrogen and oxygen atoms in total. The summed E-state index contributed by atoms with van der Waals surface area (Å²) in [6.45, 7) is 7.48. The second-order valence-electron chi connectivity index (χ2n) is 9.85. The topological polar surface area (TPSA) is 127 Å². The van der Waals surface area contributed by atoms with E-state index in [-0.39, 0.29) is 23.4 Å². The van der Waals surface area contributed by atoms with Crippen molar-refractivity contribution in [1.29, 1.82) is 0 Å². The lowest BCUT2D eigenvalue weighted by Crippen LogP contribution is -2.40. The van der Waals surface area contributed by atoms with Crippen LogP contribution in [0, 0.1) is 24.0 Å². The van der Waals surface area contributed by atoms with Gasteiger partial charge in [0.15, 0.2) is 16.3 Å². The van der Waals surface area contributed by atoms with Crippen molar-refractivity contribution in [2.24, 2.45) is 4.99 Å². The Morgan fingerprint density at radius 2 is 1.77 bits per heavy atom. The van der Waals surface area contributed by atoms with Crippen LogP contribution in [-0.4, -0.2) is 40.9 Å². The van der Waals surface area contributed by atoms with Gasteiger partial charge < -0.3 is 18.8 Å². The van der Waals surface area contributed by atoms with Crippen LogP contribution in [0.3, 0.4) is 0 Å². The molecule has 12 heteroatoms. The van der Waals surface area contributed by atoms with E-state index in [1.54, 1.807) is 44.2 Å². The summed E-state index contributed by atoms with van der Waals surface area (Å²) in [4.78, 5) is 43.0. The van der Waals surface area contributed by atoms with Gasteiger partial charge in [0, 0.05) is 29.2 Å². The maximum Gasteiger partial charge on any atom is 0.338 e. The van der Waals surface area contributed by atoms with Crippen LogP contribution >= 0.6 is 11.3 Å². The number of allylic oxidation sites excluding steroid dienone is 1. The van der Waals surface area contributed by atoms with Gasteiger partial charge in [0.25, 0.3) is 11.2 Å². The summed E-state index contributed by atoms with van der Waals surface area (Å²) in [6, 6.07) is 12.7. The number of aromatic nitrogens is 2. The Balaban J connectivity index is 1.68. The predicted octanol–water partition coefficient (Wildman–Crippen LogP) is 4.13. The van der Waals surface area contributed by atoms with E-state index < -0.39 is 16.9 Å². The van der Waals surface area contributed by atoms with Crippen molar-refractivity contribution < 1.29 is 23.9 Å². The molecule has 2 aromatic carbocycles. The van der Waals surface area contributed by atoms with E-state index in [1.165, 1.54) is 42.3 Å². The van der Waals surface area contributed by atoms with Crippen LogP contribution in [-0.2, 0) is 9.53 Å². The van der Waals surface area contributed by atoms with Crippen molar-refractivity contribution >= 4 is 29.1 Å². The van der Waals surface area contributed by atoms with Gasteiger partial charge in [0.1, 0.15) is 0 Å². The van der Waals surface area contributed by atoms with Crippen LogP contribution in [0.5, 0.6) is 11.5 Å². The first kappa shape index (κ1) is 29.5. The molecule has 1 aliphatic rings. The number of aryl methyl sites for hydroxylation is 1. The molecule has 0 radical (unpaired) electrons. The van der Waals surface area contributed by atoms with Crippen LogP contribution in [0.1, 0.15) is 42.4 Å². The highest BCUT2D eigenvalue weighted by Crippen LogP contribution is 2.36. The highest BCUT2D eigenvalue weighted by atomic mass is 32.1. The van der Waals surface area contributed by atoms with Crippen molar-refractivity contribution in [2.75, 3.05) is 20.8 Å². The van der Waals surface area contributed by atoms with Gasteiger partial charge in [-0.15, -0.1) is 0 Å². The largest absolute Gasteiger partial charge is 0.493 e. The van der Waals surface area contributed by atoms with Gasteiger partial charge in [-0.05, 0) is 75.2 Å². The van der Waals surface area contributed by atoms with E-state index in [4.69, 9.17) is 14.2 Å². The first-order valence-electron chi connectivity index (χ1n) is 13.4. The van der Waals surface area contributed by atoms with Crippen LogP contribution in [0.4, 0.5) is 5.69 Å². The number of non-ortho nitro benzene ring substituents is 1. The molecular formula is C31H30N4O7S. The van der Waals surface area contributed by atoms with Gasteiger partial charge in [-0.1, -0.05) is 17.4 Å². The quantitative estimate of drug-likeness (QED) is 0.169. The van der Waals surface area contributed by atoms with Gasteiger partial charge in [0.05, 0.1) is 47.6 Å². The number of nitro benzene ring substituents is 1. The lowest BCUT2D eigenvalue weighted by Gasteiger charge is -2.25. The second-order valence-corrected chi connectivity index (χ2v) is 10.9. The third kappa shape index (κ3) is 5.25. The molecule has 0 spiro atoms. The fourth-order valence-corrected chi connectivity index (χ4v) is 6.36. The van der Waals surface area contributed by atoms with Gasteiger partial charge in [-0.25, -0.2) is 9.79 Å². The Morgan fingerprint density at radius 1 is 1.07 bits per heavy atom. The lowest BCUT2D eigenvalue weighted by molar-refractivity contribution is -0.384. The third-order valence-corrected chi connectivity index (χ3v) is 8.30. The fraction of sp³-hybridized carbons (Fsp3) is 0.258. The minimum atomic E-state index is -0.801. The maximum atomic E-state index is 14.1. The molecule has 2 aromatic heterocycles. The number of esters is 1. The minimum absolute atomic E-state index is 0.00839. The zero-order valence-corrected chi connectivity index (χ0v) is 25.4. The summed E-state index contributed by atoms with van der Waals surface area (Å²) >= 11 is 1.23.